The first-order valence-electron chi connectivity index (χ1n) is 13.5. The summed E-state index contributed by atoms with van der Waals surface area (Å²) in [6.45, 7) is 6.89. The smallest absolute Gasteiger partial charge is 0.224 e. The summed E-state index contributed by atoms with van der Waals surface area (Å²) < 4.78 is 4.98. The molecular weight excluding hydrogens is 424 g/mol. The SMILES string of the molecule is Cc1ccc2c3ccc(C(C)C)cc3n3c4cc(C5CC6CCC5C6)cc5cc[n+](C)c(c1c23)c54. The van der Waals surface area contributed by atoms with E-state index in [1.54, 1.807) is 5.56 Å². The summed E-state index contributed by atoms with van der Waals surface area (Å²) in [6.07, 6.45) is 7.99. The Kier molecular flexibility index (Phi) is 3.88. The predicted octanol–water partition coefficient (Wildman–Crippen LogP) is 8.15. The monoisotopic (exact) mass is 457 g/mol. The van der Waals surface area contributed by atoms with Crippen LogP contribution in [0, 0.1) is 18.8 Å². The van der Waals surface area contributed by atoms with Crippen LogP contribution >= 0.6 is 0 Å². The Hall–Kier alpha value is -3.13. The predicted molar refractivity (Wildman–Crippen MR) is 147 cm³/mol. The third kappa shape index (κ3) is 2.53. The highest BCUT2D eigenvalue weighted by atomic mass is 15.0. The number of benzene rings is 3. The lowest BCUT2D eigenvalue weighted by Crippen LogP contribution is -2.29. The molecule has 2 fully saturated rings. The summed E-state index contributed by atoms with van der Waals surface area (Å²) in [5, 5.41) is 6.97. The minimum atomic E-state index is 0.514. The lowest BCUT2D eigenvalue weighted by molar-refractivity contribution is -0.643. The third-order valence-electron chi connectivity index (χ3n) is 9.71. The molecule has 3 aromatic carbocycles. The number of fused-ring (bicyclic) bond motifs is 7. The van der Waals surface area contributed by atoms with Gasteiger partial charge in [0.2, 0.25) is 5.52 Å². The number of pyridine rings is 2. The van der Waals surface area contributed by atoms with Gasteiger partial charge >= 0.3 is 0 Å². The van der Waals surface area contributed by atoms with Gasteiger partial charge < -0.3 is 4.40 Å². The third-order valence-corrected chi connectivity index (χ3v) is 9.71. The summed E-state index contributed by atoms with van der Waals surface area (Å²) in [7, 11) is 2.22. The van der Waals surface area contributed by atoms with Crippen molar-refractivity contribution >= 4 is 49.0 Å². The molecule has 0 aliphatic heterocycles. The highest BCUT2D eigenvalue weighted by Crippen LogP contribution is 2.53. The number of hydrogen-bond donors (Lipinski definition) is 0. The van der Waals surface area contributed by atoms with E-state index in [0.717, 1.165) is 17.8 Å². The van der Waals surface area contributed by atoms with Crippen LogP contribution in [0.15, 0.2) is 54.7 Å². The average molecular weight is 458 g/mol. The highest BCUT2D eigenvalue weighted by Gasteiger charge is 2.40. The molecule has 2 heteroatoms. The van der Waals surface area contributed by atoms with Gasteiger partial charge in [0.05, 0.1) is 27.3 Å². The van der Waals surface area contributed by atoms with Gasteiger partial charge in [0.15, 0.2) is 6.20 Å². The topological polar surface area (TPSA) is 8.29 Å². The largest absolute Gasteiger partial charge is 0.307 e. The molecule has 3 atom stereocenters. The van der Waals surface area contributed by atoms with Crippen LogP contribution < -0.4 is 4.57 Å². The summed E-state index contributed by atoms with van der Waals surface area (Å²) in [4.78, 5) is 0. The van der Waals surface area contributed by atoms with Crippen molar-refractivity contribution in [2.75, 3.05) is 0 Å². The molecule has 35 heavy (non-hydrogen) atoms. The molecule has 0 radical (unpaired) electrons. The normalized spacial score (nSPS) is 22.4. The maximum Gasteiger partial charge on any atom is 0.224 e. The zero-order valence-electron chi connectivity index (χ0n) is 21.2. The van der Waals surface area contributed by atoms with Crippen molar-refractivity contribution in [1.29, 1.82) is 0 Å². The van der Waals surface area contributed by atoms with E-state index in [2.05, 4.69) is 91.5 Å². The van der Waals surface area contributed by atoms with Crippen LogP contribution in [0.4, 0.5) is 0 Å². The van der Waals surface area contributed by atoms with Crippen LogP contribution in [-0.4, -0.2) is 4.40 Å². The molecule has 0 saturated heterocycles. The van der Waals surface area contributed by atoms with Crippen LogP contribution in [0.3, 0.4) is 0 Å². The second-order valence-corrected chi connectivity index (χ2v) is 12.0. The zero-order chi connectivity index (χ0) is 23.6. The van der Waals surface area contributed by atoms with E-state index in [1.807, 2.05) is 0 Å². The Morgan fingerprint density at radius 2 is 1.74 bits per heavy atom. The Labute approximate surface area is 206 Å². The molecule has 8 rings (SSSR count). The molecule has 3 aromatic heterocycles. The Morgan fingerprint density at radius 1 is 0.886 bits per heavy atom. The van der Waals surface area contributed by atoms with Gasteiger partial charge in [0, 0.05) is 16.8 Å². The first-order valence-corrected chi connectivity index (χ1v) is 13.5. The van der Waals surface area contributed by atoms with Gasteiger partial charge in [0.1, 0.15) is 7.05 Å². The summed E-state index contributed by atoms with van der Waals surface area (Å²) in [5.74, 6) is 3.09. The molecule has 2 aliphatic carbocycles. The fourth-order valence-electron chi connectivity index (χ4n) is 7.98. The van der Waals surface area contributed by atoms with Crippen LogP contribution in [-0.2, 0) is 7.05 Å². The van der Waals surface area contributed by atoms with Crippen molar-refractivity contribution in [1.82, 2.24) is 4.40 Å². The Bertz CT molecular complexity index is 1820. The van der Waals surface area contributed by atoms with Gasteiger partial charge in [-0.2, -0.15) is 0 Å². The fourth-order valence-corrected chi connectivity index (χ4v) is 7.98. The van der Waals surface area contributed by atoms with E-state index in [9.17, 15) is 0 Å². The summed E-state index contributed by atoms with van der Waals surface area (Å²) in [5.41, 5.74) is 9.87. The first-order chi connectivity index (χ1) is 17.0. The lowest BCUT2D eigenvalue weighted by Gasteiger charge is -2.23. The van der Waals surface area contributed by atoms with Crippen molar-refractivity contribution in [3.63, 3.8) is 0 Å². The quantitative estimate of drug-likeness (QED) is 0.141. The molecule has 0 spiro atoms. The van der Waals surface area contributed by atoms with E-state index >= 15 is 0 Å². The van der Waals surface area contributed by atoms with Crippen molar-refractivity contribution in [3.8, 4) is 0 Å². The van der Waals surface area contributed by atoms with E-state index < -0.39 is 0 Å². The van der Waals surface area contributed by atoms with Gasteiger partial charge in [0.25, 0.3) is 0 Å². The van der Waals surface area contributed by atoms with Crippen molar-refractivity contribution in [3.05, 3.63) is 71.4 Å². The molecule has 0 amide bonds. The first kappa shape index (κ1) is 20.1. The van der Waals surface area contributed by atoms with Crippen molar-refractivity contribution in [2.24, 2.45) is 18.9 Å². The number of rotatable bonds is 2. The molecule has 6 aromatic rings. The minimum absolute atomic E-state index is 0.514. The van der Waals surface area contributed by atoms with Crippen molar-refractivity contribution < 1.29 is 4.57 Å². The van der Waals surface area contributed by atoms with Gasteiger partial charge in [-0.1, -0.05) is 50.6 Å². The average Bonchev–Trinajstić information content (AvgIpc) is 3.57. The maximum atomic E-state index is 2.63. The molecule has 3 heterocycles. The molecule has 0 N–H and O–H groups in total. The van der Waals surface area contributed by atoms with E-state index in [-0.39, 0.29) is 0 Å². The molecule has 2 nitrogen and oxygen atoms in total. The zero-order valence-corrected chi connectivity index (χ0v) is 21.2. The number of aryl methyl sites for hydroxylation is 2. The van der Waals surface area contributed by atoms with Crippen LogP contribution in [0.2, 0.25) is 0 Å². The minimum Gasteiger partial charge on any atom is -0.307 e. The van der Waals surface area contributed by atoms with E-state index in [1.165, 1.54) is 85.8 Å². The van der Waals surface area contributed by atoms with Gasteiger partial charge in [-0.3, -0.25) is 0 Å². The van der Waals surface area contributed by atoms with Crippen LogP contribution in [0.5, 0.6) is 0 Å². The number of aromatic nitrogens is 2. The second-order valence-electron chi connectivity index (χ2n) is 12.0. The highest BCUT2D eigenvalue weighted by molar-refractivity contribution is 6.25. The molecule has 2 bridgehead atoms. The number of nitrogens with zero attached hydrogens (tertiary/aromatic N) is 2. The standard InChI is InChI=1S/C33H33N2/c1-18(2)21-8-10-25-26-9-5-19(3)30-32(26)35(28(25)16-21)29-17-24(27-14-20-6-7-22(27)13-20)15-23-11-12-34(4)33(30)31(23)29/h5,8-12,15-18,20,22,27H,6-7,13-14H2,1-4H3/q+1. The molecule has 174 valence electrons. The molecule has 2 aliphatic rings. The van der Waals surface area contributed by atoms with E-state index in [4.69, 9.17) is 0 Å². The number of hydrogen-bond acceptors (Lipinski definition) is 0. The lowest BCUT2D eigenvalue weighted by atomic mass is 9.82. The Balaban J connectivity index is 1.62. The summed E-state index contributed by atoms with van der Waals surface area (Å²) in [6, 6.07) is 19.3. The van der Waals surface area contributed by atoms with Gasteiger partial charge in [-0.25, -0.2) is 4.57 Å². The van der Waals surface area contributed by atoms with Crippen LogP contribution in [0.1, 0.15) is 68.1 Å². The van der Waals surface area contributed by atoms with Gasteiger partial charge in [-0.15, -0.1) is 0 Å². The van der Waals surface area contributed by atoms with Gasteiger partial charge in [-0.05, 0) is 84.1 Å². The van der Waals surface area contributed by atoms with E-state index in [0.29, 0.717) is 5.92 Å². The molecule has 2 saturated carbocycles. The summed E-state index contributed by atoms with van der Waals surface area (Å²) >= 11 is 0. The fraction of sp³-hybridized carbons (Fsp3) is 0.364. The molecular formula is C33H33N2+. The maximum absolute atomic E-state index is 2.63. The Morgan fingerprint density at radius 3 is 2.51 bits per heavy atom. The van der Waals surface area contributed by atoms with Crippen molar-refractivity contribution in [2.45, 2.75) is 58.3 Å². The molecule has 3 unspecified atom stereocenters. The van der Waals surface area contributed by atoms with Crippen LogP contribution in [0.25, 0.3) is 49.0 Å². The second kappa shape index (κ2) is 6.75.